The van der Waals surface area contributed by atoms with Crippen LogP contribution in [0.2, 0.25) is 5.02 Å². The molecule has 0 fully saturated rings. The Balaban J connectivity index is 3.24. The minimum atomic E-state index is -1.71. The van der Waals surface area contributed by atoms with Crippen molar-refractivity contribution in [3.63, 3.8) is 0 Å². The third kappa shape index (κ3) is 5.09. The SMILES string of the molecule is C=CCOc1cc(Cl)ccc1C(=O)C(C(=O)OCC)C(=O)OCC. The van der Waals surface area contributed by atoms with Crippen molar-refractivity contribution in [2.45, 2.75) is 13.8 Å². The highest BCUT2D eigenvalue weighted by atomic mass is 35.5. The van der Waals surface area contributed by atoms with Crippen molar-refractivity contribution >= 4 is 29.3 Å². The van der Waals surface area contributed by atoms with Gasteiger partial charge in [-0.15, -0.1) is 0 Å². The molecule has 0 heterocycles. The minimum absolute atomic E-state index is 0.0302. The lowest BCUT2D eigenvalue weighted by Crippen LogP contribution is -2.35. The van der Waals surface area contributed by atoms with Gasteiger partial charge in [-0.2, -0.15) is 0 Å². The summed E-state index contributed by atoms with van der Waals surface area (Å²) < 4.78 is 15.0. The smallest absolute Gasteiger partial charge is 0.328 e. The summed E-state index contributed by atoms with van der Waals surface area (Å²) in [6.45, 7) is 6.86. The van der Waals surface area contributed by atoms with E-state index in [1.807, 2.05) is 0 Å². The molecule has 1 aromatic rings. The first-order valence-corrected chi connectivity index (χ1v) is 7.74. The van der Waals surface area contributed by atoms with Gasteiger partial charge in [0.15, 0.2) is 5.78 Å². The van der Waals surface area contributed by atoms with Crippen LogP contribution in [0.4, 0.5) is 0 Å². The lowest BCUT2D eigenvalue weighted by Gasteiger charge is -2.16. The topological polar surface area (TPSA) is 78.9 Å². The zero-order valence-electron chi connectivity index (χ0n) is 13.5. The zero-order chi connectivity index (χ0) is 18.1. The third-order valence-corrected chi connectivity index (χ3v) is 3.11. The highest BCUT2D eigenvalue weighted by molar-refractivity contribution is 6.31. The third-order valence-electron chi connectivity index (χ3n) is 2.87. The van der Waals surface area contributed by atoms with Crippen LogP contribution >= 0.6 is 11.6 Å². The van der Waals surface area contributed by atoms with E-state index in [1.165, 1.54) is 24.3 Å². The van der Waals surface area contributed by atoms with Crippen LogP contribution in [0.3, 0.4) is 0 Å². The number of ketones is 1. The van der Waals surface area contributed by atoms with Gasteiger partial charge in [0, 0.05) is 5.02 Å². The van der Waals surface area contributed by atoms with E-state index in [1.54, 1.807) is 13.8 Å². The number of carbonyl (C=O) groups excluding carboxylic acids is 3. The first-order chi connectivity index (χ1) is 11.5. The summed E-state index contributed by atoms with van der Waals surface area (Å²) in [6, 6.07) is 4.27. The number of Topliss-reactive ketones (excluding diaryl/α,β-unsaturated/α-hetero) is 1. The van der Waals surface area contributed by atoms with Crippen molar-refractivity contribution in [2.75, 3.05) is 19.8 Å². The second-order valence-corrected chi connectivity index (χ2v) is 4.98. The maximum absolute atomic E-state index is 12.7. The van der Waals surface area contributed by atoms with E-state index in [4.69, 9.17) is 25.8 Å². The van der Waals surface area contributed by atoms with Gasteiger partial charge in [-0.05, 0) is 32.0 Å². The Kier molecular flexibility index (Phi) is 7.98. The van der Waals surface area contributed by atoms with E-state index in [2.05, 4.69) is 6.58 Å². The van der Waals surface area contributed by atoms with Crippen LogP contribution in [0.5, 0.6) is 5.75 Å². The van der Waals surface area contributed by atoms with Crippen molar-refractivity contribution in [1.82, 2.24) is 0 Å². The Morgan fingerprint density at radius 1 is 1.17 bits per heavy atom. The van der Waals surface area contributed by atoms with Gasteiger partial charge >= 0.3 is 11.9 Å². The normalized spacial score (nSPS) is 10.2. The summed E-state index contributed by atoms with van der Waals surface area (Å²) in [5.41, 5.74) is 0.0346. The fourth-order valence-electron chi connectivity index (χ4n) is 1.88. The van der Waals surface area contributed by atoms with Crippen LogP contribution in [-0.4, -0.2) is 37.5 Å². The number of ether oxygens (including phenoxy) is 3. The predicted molar refractivity (Wildman–Crippen MR) is 88.2 cm³/mol. The molecule has 0 unspecified atom stereocenters. The first kappa shape index (κ1) is 19.7. The van der Waals surface area contributed by atoms with Crippen molar-refractivity contribution in [1.29, 1.82) is 0 Å². The molecular formula is C17H19ClO6. The molecule has 6 nitrogen and oxygen atoms in total. The van der Waals surface area contributed by atoms with Crippen LogP contribution in [-0.2, 0) is 19.1 Å². The second kappa shape index (κ2) is 9.72. The molecule has 0 amide bonds. The Hall–Kier alpha value is -2.34. The van der Waals surface area contributed by atoms with E-state index in [-0.39, 0.29) is 31.1 Å². The summed E-state index contributed by atoms with van der Waals surface area (Å²) in [4.78, 5) is 36.8. The molecule has 0 atom stereocenters. The molecule has 0 spiro atoms. The number of benzene rings is 1. The number of hydrogen-bond acceptors (Lipinski definition) is 6. The molecule has 1 rings (SSSR count). The fraction of sp³-hybridized carbons (Fsp3) is 0.353. The monoisotopic (exact) mass is 354 g/mol. The predicted octanol–water partition coefficient (Wildman–Crippen LogP) is 2.83. The van der Waals surface area contributed by atoms with Crippen LogP contribution in [0, 0.1) is 5.92 Å². The van der Waals surface area contributed by atoms with Crippen molar-refractivity contribution in [2.24, 2.45) is 5.92 Å². The summed E-state index contributed by atoms with van der Waals surface area (Å²) in [7, 11) is 0. The zero-order valence-corrected chi connectivity index (χ0v) is 14.3. The van der Waals surface area contributed by atoms with Gasteiger partial charge in [0.05, 0.1) is 18.8 Å². The van der Waals surface area contributed by atoms with Gasteiger partial charge in [0.1, 0.15) is 12.4 Å². The molecule has 0 radical (unpaired) electrons. The van der Waals surface area contributed by atoms with Crippen LogP contribution in [0.25, 0.3) is 0 Å². The largest absolute Gasteiger partial charge is 0.489 e. The summed E-state index contributed by atoms with van der Waals surface area (Å²) in [5.74, 6) is -4.28. The van der Waals surface area contributed by atoms with E-state index in [0.717, 1.165) is 0 Å². The molecule has 0 bridgehead atoms. The van der Waals surface area contributed by atoms with Crippen molar-refractivity contribution < 1.29 is 28.6 Å². The Labute approximate surface area is 145 Å². The maximum Gasteiger partial charge on any atom is 0.328 e. The molecule has 0 aliphatic rings. The van der Waals surface area contributed by atoms with E-state index in [9.17, 15) is 14.4 Å². The minimum Gasteiger partial charge on any atom is -0.489 e. The van der Waals surface area contributed by atoms with Gasteiger partial charge < -0.3 is 14.2 Å². The second-order valence-electron chi connectivity index (χ2n) is 4.54. The summed E-state index contributed by atoms with van der Waals surface area (Å²) >= 11 is 5.90. The number of carbonyl (C=O) groups is 3. The van der Waals surface area contributed by atoms with Gasteiger partial charge in [-0.3, -0.25) is 14.4 Å². The first-order valence-electron chi connectivity index (χ1n) is 7.36. The molecule has 0 aliphatic carbocycles. The summed E-state index contributed by atoms with van der Waals surface area (Å²) in [6.07, 6.45) is 1.49. The van der Waals surface area contributed by atoms with Gasteiger partial charge in [-0.25, -0.2) is 0 Å². The van der Waals surface area contributed by atoms with Gasteiger partial charge in [0.25, 0.3) is 0 Å². The van der Waals surface area contributed by atoms with Crippen LogP contribution in [0.15, 0.2) is 30.9 Å². The average Bonchev–Trinajstić information content (AvgIpc) is 2.53. The average molecular weight is 355 g/mol. The number of rotatable bonds is 9. The molecule has 1 aromatic carbocycles. The van der Waals surface area contributed by atoms with Crippen LogP contribution in [0.1, 0.15) is 24.2 Å². The van der Waals surface area contributed by atoms with Crippen molar-refractivity contribution in [3.8, 4) is 5.75 Å². The Bertz CT molecular complexity index is 608. The van der Waals surface area contributed by atoms with Crippen LogP contribution < -0.4 is 4.74 Å². The lowest BCUT2D eigenvalue weighted by atomic mass is 9.97. The Morgan fingerprint density at radius 2 is 1.75 bits per heavy atom. The number of hydrogen-bond donors (Lipinski definition) is 0. The molecule has 0 aromatic heterocycles. The number of esters is 2. The quantitative estimate of drug-likeness (QED) is 0.293. The number of halogens is 1. The fourth-order valence-corrected chi connectivity index (χ4v) is 2.05. The highest BCUT2D eigenvalue weighted by Gasteiger charge is 2.38. The molecule has 130 valence electrons. The molecule has 24 heavy (non-hydrogen) atoms. The molecule has 0 N–H and O–H groups in total. The molecule has 0 saturated carbocycles. The molecule has 0 aliphatic heterocycles. The lowest BCUT2D eigenvalue weighted by molar-refractivity contribution is -0.158. The molecular weight excluding hydrogens is 336 g/mol. The highest BCUT2D eigenvalue weighted by Crippen LogP contribution is 2.27. The van der Waals surface area contributed by atoms with Crippen molar-refractivity contribution in [3.05, 3.63) is 41.4 Å². The van der Waals surface area contributed by atoms with E-state index < -0.39 is 23.6 Å². The maximum atomic E-state index is 12.7. The van der Waals surface area contributed by atoms with E-state index in [0.29, 0.717) is 5.02 Å². The standard InChI is InChI=1S/C17H19ClO6/c1-4-9-24-13-10-11(18)7-8-12(13)15(19)14(16(20)22-5-2)17(21)23-6-3/h4,7-8,10,14H,1,5-6,9H2,2-3H3. The molecule has 0 saturated heterocycles. The van der Waals surface area contributed by atoms with E-state index >= 15 is 0 Å². The summed E-state index contributed by atoms with van der Waals surface area (Å²) in [5, 5.41) is 0.342. The van der Waals surface area contributed by atoms with Gasteiger partial charge in [-0.1, -0.05) is 24.3 Å². The van der Waals surface area contributed by atoms with Gasteiger partial charge in [0.2, 0.25) is 5.92 Å². The Morgan fingerprint density at radius 3 is 2.25 bits per heavy atom. The molecule has 7 heteroatoms.